The highest BCUT2D eigenvalue weighted by Crippen LogP contribution is 2.36. The summed E-state index contributed by atoms with van der Waals surface area (Å²) in [7, 11) is 0. The molecule has 4 aromatic heterocycles. The Morgan fingerprint density at radius 2 is 1.03 bits per heavy atom. The van der Waals surface area contributed by atoms with Crippen molar-refractivity contribution in [1.82, 2.24) is 38.9 Å². The molecule has 19 heteroatoms. The van der Waals surface area contributed by atoms with Gasteiger partial charge in [0.05, 0.1) is 80.2 Å². The Morgan fingerprint density at radius 3 is 1.44 bits per heavy atom. The maximum Gasteiger partial charge on any atom is 0.416 e. The van der Waals surface area contributed by atoms with E-state index in [2.05, 4.69) is 41.1 Å². The third-order valence-electron chi connectivity index (χ3n) is 13.8. The number of hydrogen-bond acceptors (Lipinski definition) is 11. The molecule has 8 heterocycles. The fourth-order valence-electron chi connectivity index (χ4n) is 9.62. The van der Waals surface area contributed by atoms with Gasteiger partial charge in [0.15, 0.2) is 0 Å². The Morgan fingerprint density at radius 1 is 0.603 bits per heavy atom. The normalized spacial score (nSPS) is 18.3. The summed E-state index contributed by atoms with van der Waals surface area (Å²) in [5.74, 6) is 3.99. The number of pyridine rings is 2. The van der Waals surface area contributed by atoms with Crippen molar-refractivity contribution >= 4 is 33.7 Å². The predicted molar refractivity (Wildman–Crippen MR) is 247 cm³/mol. The number of hydrogen-bond donors (Lipinski definition) is 1. The number of alkyl halides is 6. The lowest BCUT2D eigenvalue weighted by Gasteiger charge is -2.35. The first-order chi connectivity index (χ1) is 32.6. The average Bonchev–Trinajstić information content (AvgIpc) is 3.83. The number of β-amino-alcohol motifs (C(OH)–C–C–N with tert-alkyl or cyclic N) is 1. The molecule has 0 atom stereocenters. The Labute approximate surface area is 391 Å². The number of nitrogens with zero attached hydrogens (tertiary/aromatic N) is 10. The van der Waals surface area contributed by atoms with Crippen LogP contribution in [0.3, 0.4) is 0 Å². The molecule has 0 unspecified atom stereocenters. The molecule has 6 aromatic rings. The van der Waals surface area contributed by atoms with Crippen LogP contribution in [0.1, 0.15) is 64.8 Å². The first kappa shape index (κ1) is 47.7. The van der Waals surface area contributed by atoms with Crippen molar-refractivity contribution in [3.63, 3.8) is 0 Å². The van der Waals surface area contributed by atoms with Gasteiger partial charge in [0, 0.05) is 64.5 Å². The van der Waals surface area contributed by atoms with E-state index in [9.17, 15) is 31.4 Å². The number of aliphatic hydroxyl groups is 1. The smallest absolute Gasteiger partial charge is 0.390 e. The number of halogens is 6. The van der Waals surface area contributed by atoms with Crippen molar-refractivity contribution in [2.24, 2.45) is 5.92 Å². The maximum absolute atomic E-state index is 13.6. The number of aliphatic hydroxyl groups excluding tert-OH is 1. The summed E-state index contributed by atoms with van der Waals surface area (Å²) < 4.78 is 96.2. The molecule has 364 valence electrons. The van der Waals surface area contributed by atoms with E-state index in [1.165, 1.54) is 19.1 Å². The second-order valence-electron chi connectivity index (χ2n) is 18.5. The van der Waals surface area contributed by atoms with Crippen LogP contribution in [0.4, 0.5) is 38.0 Å². The van der Waals surface area contributed by atoms with Gasteiger partial charge in [-0.3, -0.25) is 9.80 Å². The molecule has 4 saturated heterocycles. The number of anilines is 2. The minimum atomic E-state index is -4.40. The van der Waals surface area contributed by atoms with Crippen LogP contribution in [0.5, 0.6) is 0 Å². The Kier molecular flexibility index (Phi) is 14.0. The number of imidazole rings is 2. The molecule has 0 saturated carbocycles. The van der Waals surface area contributed by atoms with Crippen LogP contribution in [0, 0.1) is 19.8 Å². The number of aromatic nitrogens is 6. The van der Waals surface area contributed by atoms with Crippen molar-refractivity contribution < 1.29 is 40.9 Å². The maximum atomic E-state index is 13.6. The van der Waals surface area contributed by atoms with Gasteiger partial charge in [0.1, 0.15) is 34.3 Å². The molecule has 4 aliphatic heterocycles. The van der Waals surface area contributed by atoms with E-state index in [1.807, 2.05) is 16.7 Å². The minimum absolute atomic E-state index is 0.222. The van der Waals surface area contributed by atoms with Crippen LogP contribution < -0.4 is 9.80 Å². The topological polar surface area (TPSA) is 113 Å². The van der Waals surface area contributed by atoms with Crippen LogP contribution in [-0.4, -0.2) is 129 Å². The number of likely N-dealkylation sites (tertiary alicyclic amines) is 2. The van der Waals surface area contributed by atoms with Crippen LogP contribution in [0.25, 0.3) is 22.1 Å². The summed E-state index contributed by atoms with van der Waals surface area (Å²) in [5.41, 5.74) is 3.74. The second-order valence-corrected chi connectivity index (χ2v) is 18.5. The highest BCUT2D eigenvalue weighted by atomic mass is 19.4. The number of rotatable bonds is 10. The molecule has 68 heavy (non-hydrogen) atoms. The van der Waals surface area contributed by atoms with Gasteiger partial charge in [-0.15, -0.1) is 0 Å². The number of morpholine rings is 2. The van der Waals surface area contributed by atoms with Crippen molar-refractivity contribution in [1.29, 1.82) is 0 Å². The zero-order chi connectivity index (χ0) is 47.7. The number of benzene rings is 2. The summed E-state index contributed by atoms with van der Waals surface area (Å²) in [6.45, 7) is 15.8. The number of ether oxygens (including phenoxy) is 2. The fraction of sp³-hybridized carbons (Fsp3) is 0.510. The molecule has 13 nitrogen and oxygen atoms in total. The molecule has 0 radical (unpaired) electrons. The van der Waals surface area contributed by atoms with Crippen molar-refractivity contribution in [3.05, 3.63) is 106 Å². The quantitative estimate of drug-likeness (QED) is 0.137. The average molecular weight is 949 g/mol. The molecule has 10 rings (SSSR count). The van der Waals surface area contributed by atoms with E-state index in [4.69, 9.17) is 19.4 Å². The van der Waals surface area contributed by atoms with Crippen LogP contribution >= 0.6 is 0 Å². The van der Waals surface area contributed by atoms with Gasteiger partial charge in [-0.2, -0.15) is 26.3 Å². The van der Waals surface area contributed by atoms with Gasteiger partial charge in [0.2, 0.25) is 0 Å². The van der Waals surface area contributed by atoms with Gasteiger partial charge in [-0.05, 0) is 80.1 Å². The summed E-state index contributed by atoms with van der Waals surface area (Å²) >= 11 is 0. The van der Waals surface area contributed by atoms with E-state index in [0.29, 0.717) is 75.8 Å². The lowest BCUT2D eigenvalue weighted by Crippen LogP contribution is -2.50. The molecule has 4 fully saturated rings. The predicted octanol–water partition coefficient (Wildman–Crippen LogP) is 7.70. The van der Waals surface area contributed by atoms with Crippen molar-refractivity contribution in [3.8, 4) is 0 Å². The summed E-state index contributed by atoms with van der Waals surface area (Å²) in [6.07, 6.45) is -3.31. The fourth-order valence-corrected chi connectivity index (χ4v) is 9.62. The monoisotopic (exact) mass is 948 g/mol. The molecular formula is C49H58F6N10O3. The van der Waals surface area contributed by atoms with E-state index in [-0.39, 0.29) is 23.8 Å². The van der Waals surface area contributed by atoms with E-state index >= 15 is 0 Å². The van der Waals surface area contributed by atoms with E-state index in [0.717, 1.165) is 110 Å². The van der Waals surface area contributed by atoms with E-state index in [1.54, 1.807) is 31.5 Å². The zero-order valence-corrected chi connectivity index (χ0v) is 38.7. The third-order valence-corrected chi connectivity index (χ3v) is 13.8. The first-order valence-electron chi connectivity index (χ1n) is 23.4. The summed E-state index contributed by atoms with van der Waals surface area (Å²) in [5, 5.41) is 9.66. The second kappa shape index (κ2) is 19.9. The van der Waals surface area contributed by atoms with Crippen LogP contribution in [0.15, 0.2) is 60.9 Å². The molecule has 0 spiro atoms. The number of piperidine rings is 1. The highest BCUT2D eigenvalue weighted by molar-refractivity contribution is 5.79. The van der Waals surface area contributed by atoms with Gasteiger partial charge < -0.3 is 33.5 Å². The van der Waals surface area contributed by atoms with Gasteiger partial charge in [-0.1, -0.05) is 31.2 Å². The Hall–Kier alpha value is -5.34. The number of fused-ring (bicyclic) bond motifs is 2. The molecule has 1 N–H and O–H groups in total. The van der Waals surface area contributed by atoms with Crippen molar-refractivity contribution in [2.75, 3.05) is 88.6 Å². The van der Waals surface area contributed by atoms with Gasteiger partial charge in [0.25, 0.3) is 0 Å². The largest absolute Gasteiger partial charge is 0.416 e. The summed E-state index contributed by atoms with van der Waals surface area (Å²) in [4.78, 5) is 27.7. The lowest BCUT2D eigenvalue weighted by atomic mass is 9.99. The molecular weight excluding hydrogens is 891 g/mol. The van der Waals surface area contributed by atoms with E-state index < -0.39 is 23.5 Å². The molecule has 0 aliphatic carbocycles. The standard InChI is InChI=1S/C26H32F3N5O.C23H26F3N5O2/c1-18-6-8-32(9-7-18)17-25-31-22-15-30-24(33-10-12-35-13-11-33)14-23(22)34(25)16-20-4-3-5-21(19(20)2)26(27,28)29;1-15-16(3-2-4-18(15)23(24,25)26)11-31-20-9-21(30-5-7-33-8-6-30)27-10-19(20)28-22(31)14-29-12-17(32)13-29/h3-5,14-15,18H,6-13,16-17H2,1-2H3;2-4,9-10,17,32H,5-8,11-14H2,1H3. The molecule has 0 bridgehead atoms. The Bertz CT molecular complexity index is 2700. The van der Waals surface area contributed by atoms with Crippen molar-refractivity contribution in [2.45, 2.75) is 78.2 Å². The van der Waals surface area contributed by atoms with Gasteiger partial charge in [-0.25, -0.2) is 19.9 Å². The third kappa shape index (κ3) is 10.6. The lowest BCUT2D eigenvalue weighted by molar-refractivity contribution is -0.138. The first-order valence-corrected chi connectivity index (χ1v) is 23.4. The van der Waals surface area contributed by atoms with Crippen LogP contribution in [0.2, 0.25) is 0 Å². The zero-order valence-electron chi connectivity index (χ0n) is 38.7. The van der Waals surface area contributed by atoms with Crippen LogP contribution in [-0.2, 0) is 48.0 Å². The molecule has 4 aliphatic rings. The molecule has 0 amide bonds. The summed E-state index contributed by atoms with van der Waals surface area (Å²) in [6, 6.07) is 12.7. The molecule has 2 aromatic carbocycles. The minimum Gasteiger partial charge on any atom is -0.390 e. The highest BCUT2D eigenvalue weighted by Gasteiger charge is 2.35. The SMILES string of the molecule is Cc1c(Cn2c(CN3CC(O)C3)nc3cnc(N4CCOCC4)cc32)cccc1C(F)(F)F.Cc1c(Cn2c(CN3CCC(C)CC3)nc3cnc(N4CCOCC4)cc32)cccc1C(F)(F)F. The Balaban J connectivity index is 0.000000170. The van der Waals surface area contributed by atoms with Gasteiger partial charge >= 0.3 is 12.4 Å².